The SMILES string of the molecule is CC(C)CCOc1ccc(F)cc1CC(C)N. The normalized spacial score (nSPS) is 12.8. The van der Waals surface area contributed by atoms with Crippen LogP contribution in [0.4, 0.5) is 4.39 Å². The van der Waals surface area contributed by atoms with E-state index in [0.29, 0.717) is 18.9 Å². The van der Waals surface area contributed by atoms with Gasteiger partial charge in [0.05, 0.1) is 6.61 Å². The van der Waals surface area contributed by atoms with E-state index in [-0.39, 0.29) is 11.9 Å². The van der Waals surface area contributed by atoms with Crippen LogP contribution in [0.3, 0.4) is 0 Å². The summed E-state index contributed by atoms with van der Waals surface area (Å²) in [6.07, 6.45) is 1.63. The second-order valence-electron chi connectivity index (χ2n) is 4.96. The maximum Gasteiger partial charge on any atom is 0.123 e. The van der Waals surface area contributed by atoms with Crippen molar-refractivity contribution in [2.75, 3.05) is 6.61 Å². The number of halogens is 1. The van der Waals surface area contributed by atoms with Gasteiger partial charge in [-0.15, -0.1) is 0 Å². The summed E-state index contributed by atoms with van der Waals surface area (Å²) in [5, 5.41) is 0. The van der Waals surface area contributed by atoms with E-state index >= 15 is 0 Å². The molecule has 0 aliphatic heterocycles. The Morgan fingerprint density at radius 3 is 2.59 bits per heavy atom. The average Bonchev–Trinajstić information content (AvgIpc) is 2.20. The minimum atomic E-state index is -0.239. The maximum atomic E-state index is 13.2. The predicted octanol–water partition coefficient (Wildman–Crippen LogP) is 3.14. The molecule has 0 aromatic heterocycles. The van der Waals surface area contributed by atoms with Crippen LogP contribution in [-0.4, -0.2) is 12.6 Å². The molecule has 96 valence electrons. The summed E-state index contributed by atoms with van der Waals surface area (Å²) >= 11 is 0. The first-order valence-corrected chi connectivity index (χ1v) is 6.16. The first-order valence-electron chi connectivity index (χ1n) is 6.16. The summed E-state index contributed by atoms with van der Waals surface area (Å²) in [6.45, 7) is 6.87. The summed E-state index contributed by atoms with van der Waals surface area (Å²) in [7, 11) is 0. The zero-order valence-electron chi connectivity index (χ0n) is 10.9. The van der Waals surface area contributed by atoms with Gasteiger partial charge in [0.15, 0.2) is 0 Å². The molecule has 1 aromatic carbocycles. The largest absolute Gasteiger partial charge is 0.493 e. The van der Waals surface area contributed by atoms with E-state index in [2.05, 4.69) is 13.8 Å². The van der Waals surface area contributed by atoms with Gasteiger partial charge in [-0.2, -0.15) is 0 Å². The van der Waals surface area contributed by atoms with Crippen LogP contribution >= 0.6 is 0 Å². The lowest BCUT2D eigenvalue weighted by atomic mass is 10.1. The van der Waals surface area contributed by atoms with Gasteiger partial charge in [0.25, 0.3) is 0 Å². The van der Waals surface area contributed by atoms with Crippen molar-refractivity contribution in [2.45, 2.75) is 39.7 Å². The lowest BCUT2D eigenvalue weighted by Gasteiger charge is -2.14. The zero-order chi connectivity index (χ0) is 12.8. The molecule has 0 spiro atoms. The van der Waals surface area contributed by atoms with Crippen molar-refractivity contribution in [2.24, 2.45) is 11.7 Å². The standard InChI is InChI=1S/C14H22FNO/c1-10(2)6-7-17-14-5-4-13(15)9-12(14)8-11(3)16/h4-5,9-11H,6-8,16H2,1-3H3. The monoisotopic (exact) mass is 239 g/mol. The Labute approximate surface area is 103 Å². The van der Waals surface area contributed by atoms with Crippen molar-refractivity contribution in [1.29, 1.82) is 0 Å². The van der Waals surface area contributed by atoms with Crippen molar-refractivity contribution in [3.05, 3.63) is 29.6 Å². The quantitative estimate of drug-likeness (QED) is 0.827. The van der Waals surface area contributed by atoms with Crippen LogP contribution in [0, 0.1) is 11.7 Å². The number of hydrogen-bond donors (Lipinski definition) is 1. The molecule has 2 N–H and O–H groups in total. The zero-order valence-corrected chi connectivity index (χ0v) is 10.9. The van der Waals surface area contributed by atoms with E-state index in [9.17, 15) is 4.39 Å². The predicted molar refractivity (Wildman–Crippen MR) is 68.7 cm³/mol. The summed E-state index contributed by atoms with van der Waals surface area (Å²) < 4.78 is 18.8. The number of rotatable bonds is 6. The van der Waals surface area contributed by atoms with Crippen LogP contribution in [0.5, 0.6) is 5.75 Å². The fourth-order valence-corrected chi connectivity index (χ4v) is 1.60. The van der Waals surface area contributed by atoms with Gasteiger partial charge in [-0.1, -0.05) is 13.8 Å². The highest BCUT2D eigenvalue weighted by Gasteiger charge is 2.08. The van der Waals surface area contributed by atoms with Crippen LogP contribution < -0.4 is 10.5 Å². The molecule has 0 amide bonds. The van der Waals surface area contributed by atoms with Crippen LogP contribution in [0.15, 0.2) is 18.2 Å². The minimum Gasteiger partial charge on any atom is -0.493 e. The second kappa shape index (κ2) is 6.60. The van der Waals surface area contributed by atoms with Crippen LogP contribution in [0.1, 0.15) is 32.8 Å². The molecule has 0 aliphatic carbocycles. The summed E-state index contributed by atoms with van der Waals surface area (Å²) in [6, 6.07) is 4.63. The summed E-state index contributed by atoms with van der Waals surface area (Å²) in [5.41, 5.74) is 6.59. The Hall–Kier alpha value is -1.09. The second-order valence-corrected chi connectivity index (χ2v) is 4.96. The number of benzene rings is 1. The summed E-state index contributed by atoms with van der Waals surface area (Å²) in [5.74, 6) is 1.12. The number of ether oxygens (including phenoxy) is 1. The molecule has 0 radical (unpaired) electrons. The van der Waals surface area contributed by atoms with E-state index in [1.54, 1.807) is 6.07 Å². The van der Waals surface area contributed by atoms with Gasteiger partial charge >= 0.3 is 0 Å². The van der Waals surface area contributed by atoms with E-state index in [0.717, 1.165) is 17.7 Å². The van der Waals surface area contributed by atoms with Gasteiger partial charge in [0, 0.05) is 6.04 Å². The van der Waals surface area contributed by atoms with E-state index in [1.165, 1.54) is 12.1 Å². The topological polar surface area (TPSA) is 35.2 Å². The van der Waals surface area contributed by atoms with Crippen molar-refractivity contribution in [1.82, 2.24) is 0 Å². The molecular weight excluding hydrogens is 217 g/mol. The van der Waals surface area contributed by atoms with Crippen molar-refractivity contribution < 1.29 is 9.13 Å². The molecule has 3 heteroatoms. The molecule has 17 heavy (non-hydrogen) atoms. The first kappa shape index (κ1) is 14.0. The molecule has 0 saturated carbocycles. The lowest BCUT2D eigenvalue weighted by Crippen LogP contribution is -2.18. The smallest absolute Gasteiger partial charge is 0.123 e. The molecule has 0 fully saturated rings. The Morgan fingerprint density at radius 1 is 1.29 bits per heavy atom. The maximum absolute atomic E-state index is 13.2. The molecule has 1 aromatic rings. The number of hydrogen-bond acceptors (Lipinski definition) is 2. The van der Waals surface area contributed by atoms with Crippen molar-refractivity contribution >= 4 is 0 Å². The molecule has 0 bridgehead atoms. The lowest BCUT2D eigenvalue weighted by molar-refractivity contribution is 0.286. The van der Waals surface area contributed by atoms with Gasteiger partial charge in [-0.3, -0.25) is 0 Å². The Balaban J connectivity index is 2.68. The van der Waals surface area contributed by atoms with Crippen LogP contribution in [-0.2, 0) is 6.42 Å². The Kier molecular flexibility index (Phi) is 5.42. The summed E-state index contributed by atoms with van der Waals surface area (Å²) in [4.78, 5) is 0. The highest BCUT2D eigenvalue weighted by molar-refractivity contribution is 5.34. The third-order valence-electron chi connectivity index (χ3n) is 2.52. The van der Waals surface area contributed by atoms with Crippen molar-refractivity contribution in [3.63, 3.8) is 0 Å². The van der Waals surface area contributed by atoms with E-state index in [1.807, 2.05) is 6.92 Å². The van der Waals surface area contributed by atoms with Gasteiger partial charge in [0.1, 0.15) is 11.6 Å². The third-order valence-corrected chi connectivity index (χ3v) is 2.52. The molecule has 0 saturated heterocycles. The molecule has 0 aliphatic rings. The molecule has 1 unspecified atom stereocenters. The molecule has 1 atom stereocenters. The molecular formula is C14H22FNO. The first-order chi connectivity index (χ1) is 7.99. The third kappa shape index (κ3) is 5.18. The van der Waals surface area contributed by atoms with Gasteiger partial charge < -0.3 is 10.5 Å². The molecule has 2 nitrogen and oxygen atoms in total. The highest BCUT2D eigenvalue weighted by atomic mass is 19.1. The van der Waals surface area contributed by atoms with E-state index < -0.39 is 0 Å². The average molecular weight is 239 g/mol. The van der Waals surface area contributed by atoms with Gasteiger partial charge in [-0.25, -0.2) is 4.39 Å². The van der Waals surface area contributed by atoms with Gasteiger partial charge in [0.2, 0.25) is 0 Å². The Morgan fingerprint density at radius 2 is 2.00 bits per heavy atom. The minimum absolute atomic E-state index is 0.00393. The van der Waals surface area contributed by atoms with Gasteiger partial charge in [-0.05, 0) is 49.4 Å². The molecule has 1 rings (SSSR count). The molecule has 0 heterocycles. The van der Waals surface area contributed by atoms with Crippen molar-refractivity contribution in [3.8, 4) is 5.75 Å². The van der Waals surface area contributed by atoms with E-state index in [4.69, 9.17) is 10.5 Å². The fourth-order valence-electron chi connectivity index (χ4n) is 1.60. The van der Waals surface area contributed by atoms with Crippen LogP contribution in [0.2, 0.25) is 0 Å². The highest BCUT2D eigenvalue weighted by Crippen LogP contribution is 2.21. The fraction of sp³-hybridized carbons (Fsp3) is 0.571. The van der Waals surface area contributed by atoms with Crippen LogP contribution in [0.25, 0.3) is 0 Å². The Bertz CT molecular complexity index is 350. The number of nitrogens with two attached hydrogens (primary N) is 1.